The van der Waals surface area contributed by atoms with Gasteiger partial charge in [-0.05, 0) is 43.2 Å². The van der Waals surface area contributed by atoms with Gasteiger partial charge in [0, 0.05) is 19.2 Å². The van der Waals surface area contributed by atoms with Crippen LogP contribution in [0.25, 0.3) is 21.9 Å². The fraction of sp³-hybridized carbons (Fsp3) is 0.304. The number of nitrogens with one attached hydrogen (secondary N) is 1. The van der Waals surface area contributed by atoms with Crippen LogP contribution in [-0.4, -0.2) is 50.6 Å². The van der Waals surface area contributed by atoms with Gasteiger partial charge in [-0.1, -0.05) is 12.1 Å². The van der Waals surface area contributed by atoms with Crippen LogP contribution in [0.5, 0.6) is 0 Å². The minimum absolute atomic E-state index is 0.0697. The van der Waals surface area contributed by atoms with E-state index in [1.54, 1.807) is 30.1 Å². The normalized spacial score (nSPS) is 16.4. The predicted molar refractivity (Wildman–Crippen MR) is 117 cm³/mol. The summed E-state index contributed by atoms with van der Waals surface area (Å²) in [5.74, 6) is 0.550. The highest BCUT2D eigenvalue weighted by Gasteiger charge is 2.34. The lowest BCUT2D eigenvalue weighted by Crippen LogP contribution is -2.36. The zero-order valence-electron chi connectivity index (χ0n) is 17.2. The van der Waals surface area contributed by atoms with Crippen LogP contribution in [-0.2, 0) is 11.3 Å². The number of fused-ring (bicyclic) bond motifs is 2. The number of amides is 1. The second-order valence-electron chi connectivity index (χ2n) is 7.73. The van der Waals surface area contributed by atoms with Gasteiger partial charge in [0.1, 0.15) is 5.82 Å². The number of para-hydroxylation sites is 1. The molecular weight excluding hydrogens is 394 g/mol. The van der Waals surface area contributed by atoms with Crippen molar-refractivity contribution in [3.05, 3.63) is 70.5 Å². The van der Waals surface area contributed by atoms with Crippen LogP contribution in [0.2, 0.25) is 0 Å². The first-order chi connectivity index (χ1) is 15.2. The molecule has 0 radical (unpaired) electrons. The molecule has 0 bridgehead atoms. The lowest BCUT2D eigenvalue weighted by Gasteiger charge is -2.27. The van der Waals surface area contributed by atoms with Crippen molar-refractivity contribution in [2.75, 3.05) is 20.3 Å². The van der Waals surface area contributed by atoms with Crippen molar-refractivity contribution in [3.63, 3.8) is 0 Å². The Labute approximate surface area is 178 Å². The van der Waals surface area contributed by atoms with E-state index in [9.17, 15) is 9.59 Å². The molecule has 0 spiro atoms. The van der Waals surface area contributed by atoms with Crippen molar-refractivity contribution < 1.29 is 9.53 Å². The van der Waals surface area contributed by atoms with Gasteiger partial charge in [-0.15, -0.1) is 0 Å². The number of imidazole rings is 1. The van der Waals surface area contributed by atoms with Crippen LogP contribution in [0, 0.1) is 0 Å². The summed E-state index contributed by atoms with van der Waals surface area (Å²) in [6, 6.07) is 12.5. The second-order valence-corrected chi connectivity index (χ2v) is 7.73. The average Bonchev–Trinajstić information content (AvgIpc) is 3.47. The third-order valence-corrected chi connectivity index (χ3v) is 5.89. The number of hydrogen-bond acceptors (Lipinski definition) is 5. The SMILES string of the molecule is COCCn1c(C2CCCN2C(=O)c2ccc3nc[nH]c3c2)nc2ccccc2c1=O. The van der Waals surface area contributed by atoms with Crippen LogP contribution in [0.3, 0.4) is 0 Å². The summed E-state index contributed by atoms with van der Waals surface area (Å²) < 4.78 is 6.90. The Balaban J connectivity index is 1.57. The Morgan fingerprint density at radius 2 is 2.10 bits per heavy atom. The molecule has 1 amide bonds. The topological polar surface area (TPSA) is 93.1 Å². The summed E-state index contributed by atoms with van der Waals surface area (Å²) in [6.07, 6.45) is 3.23. The molecule has 5 rings (SSSR count). The number of H-pyrrole nitrogens is 1. The van der Waals surface area contributed by atoms with E-state index in [4.69, 9.17) is 9.72 Å². The summed E-state index contributed by atoms with van der Waals surface area (Å²) >= 11 is 0. The smallest absolute Gasteiger partial charge is 0.261 e. The molecule has 2 aromatic carbocycles. The molecule has 4 aromatic rings. The van der Waals surface area contributed by atoms with Crippen LogP contribution in [0.15, 0.2) is 53.6 Å². The number of aromatic nitrogens is 4. The van der Waals surface area contributed by atoms with Gasteiger partial charge >= 0.3 is 0 Å². The monoisotopic (exact) mass is 417 g/mol. The molecule has 1 fully saturated rings. The van der Waals surface area contributed by atoms with E-state index in [1.165, 1.54) is 0 Å². The van der Waals surface area contributed by atoms with Crippen molar-refractivity contribution in [1.29, 1.82) is 0 Å². The lowest BCUT2D eigenvalue weighted by atomic mass is 10.1. The Bertz CT molecular complexity index is 1330. The Morgan fingerprint density at radius 3 is 2.97 bits per heavy atom. The van der Waals surface area contributed by atoms with E-state index in [0.717, 1.165) is 23.9 Å². The van der Waals surface area contributed by atoms with E-state index in [0.29, 0.717) is 42.0 Å². The van der Waals surface area contributed by atoms with Crippen molar-refractivity contribution in [2.45, 2.75) is 25.4 Å². The highest BCUT2D eigenvalue weighted by atomic mass is 16.5. The quantitative estimate of drug-likeness (QED) is 0.539. The maximum atomic E-state index is 13.4. The number of hydrogen-bond donors (Lipinski definition) is 1. The van der Waals surface area contributed by atoms with Crippen LogP contribution >= 0.6 is 0 Å². The first-order valence-corrected chi connectivity index (χ1v) is 10.4. The zero-order chi connectivity index (χ0) is 21.4. The zero-order valence-corrected chi connectivity index (χ0v) is 17.2. The fourth-order valence-electron chi connectivity index (χ4n) is 4.35. The van der Waals surface area contributed by atoms with Gasteiger partial charge < -0.3 is 14.6 Å². The maximum Gasteiger partial charge on any atom is 0.261 e. The number of aromatic amines is 1. The third kappa shape index (κ3) is 3.38. The van der Waals surface area contributed by atoms with Gasteiger partial charge in [0.15, 0.2) is 0 Å². The number of carbonyl (C=O) groups is 1. The molecule has 1 unspecified atom stereocenters. The molecular formula is C23H23N5O3. The first kappa shape index (κ1) is 19.4. The van der Waals surface area contributed by atoms with Gasteiger partial charge in [0.2, 0.25) is 0 Å². The van der Waals surface area contributed by atoms with Gasteiger partial charge in [-0.25, -0.2) is 9.97 Å². The molecule has 2 aromatic heterocycles. The molecule has 1 aliphatic rings. The second kappa shape index (κ2) is 7.96. The van der Waals surface area contributed by atoms with E-state index in [-0.39, 0.29) is 17.5 Å². The fourth-order valence-corrected chi connectivity index (χ4v) is 4.35. The molecule has 1 atom stereocenters. The predicted octanol–water partition coefficient (Wildman–Crippen LogP) is 2.90. The highest BCUT2D eigenvalue weighted by molar-refractivity contribution is 5.97. The number of rotatable bonds is 5. The van der Waals surface area contributed by atoms with Crippen molar-refractivity contribution in [3.8, 4) is 0 Å². The number of nitrogens with zero attached hydrogens (tertiary/aromatic N) is 4. The summed E-state index contributed by atoms with van der Waals surface area (Å²) in [5.41, 5.74) is 2.78. The number of ether oxygens (including phenoxy) is 1. The Hall–Kier alpha value is -3.52. The Morgan fingerprint density at radius 1 is 1.23 bits per heavy atom. The molecule has 8 heteroatoms. The number of methoxy groups -OCH3 is 1. The standard InChI is InChI=1S/C23H23N5O3/c1-31-12-11-28-21(26-17-6-3-2-5-16(17)23(28)30)20-7-4-10-27(20)22(29)15-8-9-18-19(13-15)25-14-24-18/h2-3,5-6,8-9,13-14,20H,4,7,10-12H2,1H3,(H,24,25). The lowest BCUT2D eigenvalue weighted by molar-refractivity contribution is 0.0725. The van der Waals surface area contributed by atoms with E-state index in [2.05, 4.69) is 9.97 Å². The van der Waals surface area contributed by atoms with Crippen molar-refractivity contribution in [1.82, 2.24) is 24.4 Å². The van der Waals surface area contributed by atoms with Gasteiger partial charge in [-0.2, -0.15) is 0 Å². The number of benzene rings is 2. The van der Waals surface area contributed by atoms with Crippen molar-refractivity contribution in [2.24, 2.45) is 0 Å². The Kier molecular flexibility index (Phi) is 4.99. The summed E-state index contributed by atoms with van der Waals surface area (Å²) in [7, 11) is 1.61. The average molecular weight is 417 g/mol. The third-order valence-electron chi connectivity index (χ3n) is 5.89. The first-order valence-electron chi connectivity index (χ1n) is 10.4. The van der Waals surface area contributed by atoms with E-state index in [1.807, 2.05) is 35.2 Å². The van der Waals surface area contributed by atoms with Crippen molar-refractivity contribution >= 4 is 27.8 Å². The summed E-state index contributed by atoms with van der Waals surface area (Å²) in [6.45, 7) is 1.41. The molecule has 0 saturated carbocycles. The van der Waals surface area contributed by atoms with Crippen LogP contribution in [0.1, 0.15) is 35.1 Å². The molecule has 8 nitrogen and oxygen atoms in total. The highest BCUT2D eigenvalue weighted by Crippen LogP contribution is 2.32. The molecule has 31 heavy (non-hydrogen) atoms. The number of carbonyl (C=O) groups excluding carboxylic acids is 1. The van der Waals surface area contributed by atoms with Crippen LogP contribution in [0.4, 0.5) is 0 Å². The minimum Gasteiger partial charge on any atom is -0.383 e. The molecule has 0 aliphatic carbocycles. The van der Waals surface area contributed by atoms with Gasteiger partial charge in [0.25, 0.3) is 11.5 Å². The minimum atomic E-state index is -0.265. The molecule has 3 heterocycles. The molecule has 1 saturated heterocycles. The molecule has 1 N–H and O–H groups in total. The van der Waals surface area contributed by atoms with Crippen LogP contribution < -0.4 is 5.56 Å². The largest absolute Gasteiger partial charge is 0.383 e. The summed E-state index contributed by atoms with van der Waals surface area (Å²) in [4.78, 5) is 40.6. The van der Waals surface area contributed by atoms with E-state index < -0.39 is 0 Å². The molecule has 158 valence electrons. The molecule has 1 aliphatic heterocycles. The van der Waals surface area contributed by atoms with E-state index >= 15 is 0 Å². The summed E-state index contributed by atoms with van der Waals surface area (Å²) in [5, 5.41) is 0.572. The number of likely N-dealkylation sites (tertiary alicyclic amines) is 1. The van der Waals surface area contributed by atoms with Gasteiger partial charge in [-0.3, -0.25) is 14.2 Å². The van der Waals surface area contributed by atoms with Gasteiger partial charge in [0.05, 0.1) is 47.5 Å². The maximum absolute atomic E-state index is 13.4.